The van der Waals surface area contributed by atoms with Gasteiger partial charge in [-0.25, -0.2) is 12.8 Å². The molecule has 1 amide bonds. The van der Waals surface area contributed by atoms with Gasteiger partial charge in [0.25, 0.3) is 10.0 Å². The summed E-state index contributed by atoms with van der Waals surface area (Å²) in [7, 11) is -3.74. The summed E-state index contributed by atoms with van der Waals surface area (Å²) < 4.78 is 45.7. The van der Waals surface area contributed by atoms with Gasteiger partial charge in [0.05, 0.1) is 5.92 Å². The van der Waals surface area contributed by atoms with E-state index in [0.717, 1.165) is 16.9 Å². The molecule has 1 N–H and O–H groups in total. The molecule has 4 rings (SSSR count). The van der Waals surface area contributed by atoms with Gasteiger partial charge in [-0.2, -0.15) is 9.29 Å². The Kier molecular flexibility index (Phi) is 6.17. The Balaban J connectivity index is 1.41. The number of hydrogen-bond acceptors (Lipinski definition) is 7. The molecule has 1 saturated heterocycles. The first-order valence-corrected chi connectivity index (χ1v) is 12.1. The van der Waals surface area contributed by atoms with Crippen molar-refractivity contribution in [1.82, 2.24) is 19.8 Å². The van der Waals surface area contributed by atoms with Gasteiger partial charge in [-0.1, -0.05) is 17.3 Å². The number of nitrogens with one attached hydrogen (secondary N) is 1. The van der Waals surface area contributed by atoms with Crippen LogP contribution in [0, 0.1) is 18.7 Å². The maximum Gasteiger partial charge on any atom is 0.252 e. The molecule has 11 heteroatoms. The zero-order valence-electron chi connectivity index (χ0n) is 16.7. The lowest BCUT2D eigenvalue weighted by Gasteiger charge is -2.30. The lowest BCUT2D eigenvalue weighted by Crippen LogP contribution is -2.45. The fourth-order valence-corrected chi connectivity index (χ4v) is 6.26. The normalized spacial score (nSPS) is 17.5. The van der Waals surface area contributed by atoms with Crippen LogP contribution in [0.15, 0.2) is 44.4 Å². The molecule has 1 aliphatic heterocycles. The predicted molar refractivity (Wildman–Crippen MR) is 112 cm³/mol. The number of halogens is 1. The number of carbonyl (C=O) groups is 1. The van der Waals surface area contributed by atoms with E-state index in [4.69, 9.17) is 4.52 Å². The molecule has 1 atom stereocenters. The van der Waals surface area contributed by atoms with Crippen molar-refractivity contribution in [3.05, 3.63) is 53.0 Å². The van der Waals surface area contributed by atoms with Crippen molar-refractivity contribution in [1.29, 1.82) is 0 Å². The van der Waals surface area contributed by atoms with E-state index in [9.17, 15) is 17.6 Å². The fourth-order valence-electron chi connectivity index (χ4n) is 3.42. The Morgan fingerprint density at radius 2 is 2.13 bits per heavy atom. The number of carbonyl (C=O) groups excluding carboxylic acids is 1. The SMILES string of the molecule is Cc1nc(-c2csc(S(=O)(=O)N3CCC[C@@H](C(=O)NCc4ccc(F)cc4)C3)c2)no1. The molecule has 3 aromatic rings. The zero-order chi connectivity index (χ0) is 22.0. The molecule has 31 heavy (non-hydrogen) atoms. The third-order valence-corrected chi connectivity index (χ3v) is 8.37. The van der Waals surface area contributed by atoms with Crippen LogP contribution < -0.4 is 5.32 Å². The smallest absolute Gasteiger partial charge is 0.252 e. The predicted octanol–water partition coefficient (Wildman–Crippen LogP) is 2.96. The lowest BCUT2D eigenvalue weighted by molar-refractivity contribution is -0.126. The molecular weight excluding hydrogens is 443 g/mol. The second-order valence-electron chi connectivity index (χ2n) is 7.34. The van der Waals surface area contributed by atoms with E-state index in [1.807, 2.05) is 0 Å². The van der Waals surface area contributed by atoms with E-state index < -0.39 is 15.9 Å². The van der Waals surface area contributed by atoms with Gasteiger partial charge in [0.1, 0.15) is 10.0 Å². The molecule has 8 nitrogen and oxygen atoms in total. The number of aryl methyl sites for hydroxylation is 1. The summed E-state index contributed by atoms with van der Waals surface area (Å²) in [4.78, 5) is 16.7. The first kappa shape index (κ1) is 21.6. The molecule has 3 heterocycles. The van der Waals surface area contributed by atoms with Gasteiger partial charge in [0, 0.05) is 37.5 Å². The zero-order valence-corrected chi connectivity index (χ0v) is 18.4. The van der Waals surface area contributed by atoms with Crippen LogP contribution in [0.25, 0.3) is 11.4 Å². The van der Waals surface area contributed by atoms with Crippen LogP contribution in [-0.4, -0.2) is 41.9 Å². The van der Waals surface area contributed by atoms with Gasteiger partial charge in [-0.15, -0.1) is 11.3 Å². The number of nitrogens with zero attached hydrogens (tertiary/aromatic N) is 3. The highest BCUT2D eigenvalue weighted by Crippen LogP contribution is 2.31. The highest BCUT2D eigenvalue weighted by molar-refractivity contribution is 7.91. The Morgan fingerprint density at radius 1 is 1.35 bits per heavy atom. The Morgan fingerprint density at radius 3 is 2.84 bits per heavy atom. The topological polar surface area (TPSA) is 105 Å². The highest BCUT2D eigenvalue weighted by Gasteiger charge is 2.34. The molecule has 1 fully saturated rings. The van der Waals surface area contributed by atoms with Gasteiger partial charge in [-0.05, 0) is 36.6 Å². The molecule has 0 saturated carbocycles. The standard InChI is InChI=1S/C20H21FN4O4S2/c1-13-23-19(24-29-13)16-9-18(30-12-16)31(27,28)25-8-2-3-15(11-25)20(26)22-10-14-4-6-17(21)7-5-14/h4-7,9,12,15H,2-3,8,10-11H2,1H3,(H,22,26)/t15-/m1/s1. The second kappa shape index (κ2) is 8.85. The average Bonchev–Trinajstić information content (AvgIpc) is 3.43. The van der Waals surface area contributed by atoms with Crippen molar-refractivity contribution < 1.29 is 22.1 Å². The number of aromatic nitrogens is 2. The van der Waals surface area contributed by atoms with Gasteiger partial charge in [0.2, 0.25) is 17.6 Å². The molecule has 0 spiro atoms. The largest absolute Gasteiger partial charge is 0.352 e. The van der Waals surface area contributed by atoms with Crippen molar-refractivity contribution in [3.8, 4) is 11.4 Å². The number of sulfonamides is 1. The molecule has 1 aliphatic rings. The van der Waals surface area contributed by atoms with Crippen LogP contribution in [0.5, 0.6) is 0 Å². The van der Waals surface area contributed by atoms with E-state index in [1.54, 1.807) is 24.4 Å². The molecule has 0 unspecified atom stereocenters. The van der Waals surface area contributed by atoms with Crippen LogP contribution in [0.4, 0.5) is 4.39 Å². The molecule has 0 radical (unpaired) electrons. The first-order chi connectivity index (χ1) is 14.8. The van der Waals surface area contributed by atoms with E-state index in [0.29, 0.717) is 36.7 Å². The minimum absolute atomic E-state index is 0.117. The van der Waals surface area contributed by atoms with Gasteiger partial charge < -0.3 is 9.84 Å². The second-order valence-corrected chi connectivity index (χ2v) is 10.4. The number of hydrogen-bond donors (Lipinski definition) is 1. The van der Waals surface area contributed by atoms with Gasteiger partial charge >= 0.3 is 0 Å². The third kappa shape index (κ3) is 4.83. The summed E-state index contributed by atoms with van der Waals surface area (Å²) in [5.74, 6) is -0.251. The van der Waals surface area contributed by atoms with Crippen LogP contribution in [0.3, 0.4) is 0 Å². The summed E-state index contributed by atoms with van der Waals surface area (Å²) in [6.45, 7) is 2.40. The highest BCUT2D eigenvalue weighted by atomic mass is 32.2. The molecule has 2 aromatic heterocycles. The molecule has 1 aromatic carbocycles. The van der Waals surface area contributed by atoms with E-state index in [2.05, 4.69) is 15.5 Å². The van der Waals surface area contributed by atoms with Crippen molar-refractivity contribution in [3.63, 3.8) is 0 Å². The lowest BCUT2D eigenvalue weighted by atomic mass is 9.99. The maximum absolute atomic E-state index is 13.1. The third-order valence-electron chi connectivity index (χ3n) is 5.09. The summed E-state index contributed by atoms with van der Waals surface area (Å²) in [6.07, 6.45) is 1.20. The number of rotatable bonds is 6. The minimum atomic E-state index is -3.74. The van der Waals surface area contributed by atoms with E-state index in [-0.39, 0.29) is 29.0 Å². The first-order valence-electron chi connectivity index (χ1n) is 9.74. The van der Waals surface area contributed by atoms with E-state index >= 15 is 0 Å². The maximum atomic E-state index is 13.1. The number of piperidine rings is 1. The van der Waals surface area contributed by atoms with Crippen molar-refractivity contribution in [2.75, 3.05) is 13.1 Å². The molecule has 164 valence electrons. The van der Waals surface area contributed by atoms with Crippen LogP contribution in [-0.2, 0) is 21.4 Å². The minimum Gasteiger partial charge on any atom is -0.352 e. The van der Waals surface area contributed by atoms with Gasteiger partial charge in [0.15, 0.2) is 0 Å². The summed E-state index contributed by atoms with van der Waals surface area (Å²) >= 11 is 1.09. The number of thiophene rings is 1. The summed E-state index contributed by atoms with van der Waals surface area (Å²) in [6, 6.07) is 7.41. The van der Waals surface area contributed by atoms with Crippen molar-refractivity contribution in [2.24, 2.45) is 5.92 Å². The van der Waals surface area contributed by atoms with Crippen LogP contribution in [0.2, 0.25) is 0 Å². The average molecular weight is 465 g/mol. The summed E-state index contributed by atoms with van der Waals surface area (Å²) in [5.41, 5.74) is 1.35. The Labute approximate surface area is 183 Å². The van der Waals surface area contributed by atoms with Crippen LogP contribution in [0.1, 0.15) is 24.3 Å². The monoisotopic (exact) mass is 464 g/mol. The molecule has 0 bridgehead atoms. The van der Waals surface area contributed by atoms with Gasteiger partial charge in [-0.3, -0.25) is 4.79 Å². The number of benzene rings is 1. The van der Waals surface area contributed by atoms with Crippen molar-refractivity contribution in [2.45, 2.75) is 30.5 Å². The molecular formula is C20H21FN4O4S2. The Hall–Kier alpha value is -2.63. The van der Waals surface area contributed by atoms with E-state index in [1.165, 1.54) is 22.5 Å². The fraction of sp³-hybridized carbons (Fsp3) is 0.350. The Bertz CT molecular complexity index is 1170. The van der Waals surface area contributed by atoms with Crippen LogP contribution >= 0.6 is 11.3 Å². The molecule has 0 aliphatic carbocycles. The summed E-state index contributed by atoms with van der Waals surface area (Å²) in [5, 5.41) is 8.31. The quantitative estimate of drug-likeness (QED) is 0.601. The van der Waals surface area contributed by atoms with Crippen molar-refractivity contribution >= 4 is 27.3 Å². The number of amides is 1.